The van der Waals surface area contributed by atoms with Crippen molar-refractivity contribution in [3.8, 4) is 0 Å². The molecule has 0 radical (unpaired) electrons. The van der Waals surface area contributed by atoms with Crippen LogP contribution in [0.25, 0.3) is 11.1 Å². The maximum atomic E-state index is 11.4. The fourth-order valence-corrected chi connectivity index (χ4v) is 2.49. The molecule has 0 spiro atoms. The minimum absolute atomic E-state index is 0.122. The number of carbonyl (C=O) groups excluding carboxylic acids is 1. The van der Waals surface area contributed by atoms with Crippen LogP contribution < -0.4 is 10.6 Å². The van der Waals surface area contributed by atoms with Gasteiger partial charge in [-0.15, -0.1) is 0 Å². The highest BCUT2D eigenvalue weighted by atomic mass is 16.4. The van der Waals surface area contributed by atoms with E-state index < -0.39 is 0 Å². The Bertz CT molecular complexity index is 637. The van der Waals surface area contributed by atoms with Crippen LogP contribution in [0.15, 0.2) is 22.6 Å². The molecule has 106 valence electrons. The lowest BCUT2D eigenvalue weighted by Crippen LogP contribution is -2.33. The highest BCUT2D eigenvalue weighted by Gasteiger charge is 2.20. The van der Waals surface area contributed by atoms with Gasteiger partial charge in [-0.25, -0.2) is 0 Å². The van der Waals surface area contributed by atoms with Crippen LogP contribution in [0, 0.1) is 0 Å². The van der Waals surface area contributed by atoms with Crippen molar-refractivity contribution in [1.82, 2.24) is 9.88 Å². The summed E-state index contributed by atoms with van der Waals surface area (Å²) in [5, 5.41) is 0. The number of fused-ring (bicyclic) bond motifs is 1. The molecule has 1 aromatic heterocycles. The summed E-state index contributed by atoms with van der Waals surface area (Å²) in [7, 11) is 0. The Morgan fingerprint density at radius 1 is 1.30 bits per heavy atom. The molecule has 1 amide bonds. The predicted octanol–water partition coefficient (Wildman–Crippen LogP) is 1.47. The molecule has 1 aliphatic rings. The monoisotopic (exact) mass is 274 g/mol. The molecular weight excluding hydrogens is 256 g/mol. The zero-order valence-electron chi connectivity index (χ0n) is 11.5. The summed E-state index contributed by atoms with van der Waals surface area (Å²) in [5.74, 6) is 0.122. The highest BCUT2D eigenvalue weighted by Crippen LogP contribution is 2.24. The Labute approximate surface area is 117 Å². The van der Waals surface area contributed by atoms with Gasteiger partial charge in [0.15, 0.2) is 5.58 Å². The topological polar surface area (TPSA) is 75.6 Å². The Morgan fingerprint density at radius 2 is 2.15 bits per heavy atom. The molecule has 0 saturated carbocycles. The van der Waals surface area contributed by atoms with Gasteiger partial charge < -0.3 is 20.0 Å². The van der Waals surface area contributed by atoms with Gasteiger partial charge in [0.1, 0.15) is 5.52 Å². The number of benzene rings is 1. The molecule has 1 saturated heterocycles. The first-order valence-corrected chi connectivity index (χ1v) is 6.80. The lowest BCUT2D eigenvalue weighted by Gasteiger charge is -2.19. The number of rotatable bonds is 1. The van der Waals surface area contributed by atoms with Crippen molar-refractivity contribution in [1.29, 1.82) is 0 Å². The van der Waals surface area contributed by atoms with Crippen LogP contribution in [0.3, 0.4) is 0 Å². The molecule has 0 unspecified atom stereocenters. The van der Waals surface area contributed by atoms with Crippen molar-refractivity contribution in [2.45, 2.75) is 13.3 Å². The van der Waals surface area contributed by atoms with Gasteiger partial charge in [-0.3, -0.25) is 4.79 Å². The third kappa shape index (κ3) is 2.41. The SMILES string of the molecule is CC(=O)N1CCCN(c2nc3cc(N)ccc3o2)CC1. The van der Waals surface area contributed by atoms with Crippen LogP contribution in [-0.2, 0) is 4.79 Å². The van der Waals surface area contributed by atoms with Gasteiger partial charge in [-0.2, -0.15) is 4.98 Å². The Morgan fingerprint density at radius 3 is 2.95 bits per heavy atom. The molecule has 0 bridgehead atoms. The van der Waals surface area contributed by atoms with E-state index in [1.54, 1.807) is 13.0 Å². The fourth-order valence-electron chi connectivity index (χ4n) is 2.49. The Kier molecular flexibility index (Phi) is 3.22. The van der Waals surface area contributed by atoms with E-state index in [4.69, 9.17) is 10.2 Å². The first-order valence-electron chi connectivity index (χ1n) is 6.80. The van der Waals surface area contributed by atoms with E-state index in [2.05, 4.69) is 9.88 Å². The lowest BCUT2D eigenvalue weighted by atomic mass is 10.3. The first-order chi connectivity index (χ1) is 9.63. The van der Waals surface area contributed by atoms with Gasteiger partial charge in [-0.05, 0) is 24.6 Å². The zero-order valence-corrected chi connectivity index (χ0v) is 11.5. The van der Waals surface area contributed by atoms with Crippen molar-refractivity contribution in [3.05, 3.63) is 18.2 Å². The number of oxazole rings is 1. The molecule has 1 aromatic carbocycles. The lowest BCUT2D eigenvalue weighted by molar-refractivity contribution is -0.128. The molecule has 20 heavy (non-hydrogen) atoms. The van der Waals surface area contributed by atoms with Gasteiger partial charge >= 0.3 is 0 Å². The van der Waals surface area contributed by atoms with E-state index in [0.717, 1.165) is 37.2 Å². The number of aromatic nitrogens is 1. The molecule has 6 heteroatoms. The van der Waals surface area contributed by atoms with Gasteiger partial charge in [-0.1, -0.05) is 0 Å². The number of anilines is 2. The van der Waals surface area contributed by atoms with E-state index in [9.17, 15) is 4.79 Å². The van der Waals surface area contributed by atoms with Gasteiger partial charge in [0.05, 0.1) is 0 Å². The van der Waals surface area contributed by atoms with Gasteiger partial charge in [0.25, 0.3) is 6.01 Å². The van der Waals surface area contributed by atoms with Crippen LogP contribution in [0.1, 0.15) is 13.3 Å². The summed E-state index contributed by atoms with van der Waals surface area (Å²) >= 11 is 0. The van der Waals surface area contributed by atoms with E-state index in [0.29, 0.717) is 18.2 Å². The molecule has 2 N–H and O–H groups in total. The number of hydrogen-bond donors (Lipinski definition) is 1. The fraction of sp³-hybridized carbons (Fsp3) is 0.429. The summed E-state index contributed by atoms with van der Waals surface area (Å²) < 4.78 is 5.77. The summed E-state index contributed by atoms with van der Waals surface area (Å²) in [4.78, 5) is 19.9. The Hall–Kier alpha value is -2.24. The Balaban J connectivity index is 1.82. The largest absolute Gasteiger partial charge is 0.423 e. The van der Waals surface area contributed by atoms with Crippen LogP contribution in [0.5, 0.6) is 0 Å². The van der Waals surface area contributed by atoms with Crippen LogP contribution in [0.4, 0.5) is 11.7 Å². The maximum absolute atomic E-state index is 11.4. The van der Waals surface area contributed by atoms with Crippen LogP contribution >= 0.6 is 0 Å². The van der Waals surface area contributed by atoms with Crippen molar-refractivity contribution >= 4 is 28.7 Å². The van der Waals surface area contributed by atoms with Crippen molar-refractivity contribution < 1.29 is 9.21 Å². The van der Waals surface area contributed by atoms with E-state index in [-0.39, 0.29) is 5.91 Å². The number of nitrogen functional groups attached to an aromatic ring is 1. The molecule has 2 aromatic rings. The van der Waals surface area contributed by atoms with Gasteiger partial charge in [0.2, 0.25) is 5.91 Å². The van der Waals surface area contributed by atoms with E-state index in [1.165, 1.54) is 0 Å². The van der Waals surface area contributed by atoms with Crippen LogP contribution in [0.2, 0.25) is 0 Å². The molecule has 3 rings (SSSR count). The minimum Gasteiger partial charge on any atom is -0.423 e. The predicted molar refractivity (Wildman–Crippen MR) is 77.5 cm³/mol. The molecule has 2 heterocycles. The second kappa shape index (κ2) is 5.03. The van der Waals surface area contributed by atoms with Crippen LogP contribution in [-0.4, -0.2) is 42.0 Å². The average molecular weight is 274 g/mol. The second-order valence-corrected chi connectivity index (χ2v) is 5.07. The number of amides is 1. The standard InChI is InChI=1S/C14H18N4O2/c1-10(19)17-5-2-6-18(8-7-17)14-16-12-9-11(15)3-4-13(12)20-14/h3-4,9H,2,5-8,15H2,1H3. The average Bonchev–Trinajstić information content (AvgIpc) is 2.67. The second-order valence-electron chi connectivity index (χ2n) is 5.07. The zero-order chi connectivity index (χ0) is 14.1. The smallest absolute Gasteiger partial charge is 0.298 e. The summed E-state index contributed by atoms with van der Waals surface area (Å²) in [6, 6.07) is 6.05. The van der Waals surface area contributed by atoms with Crippen molar-refractivity contribution in [3.63, 3.8) is 0 Å². The number of carbonyl (C=O) groups is 1. The summed E-state index contributed by atoms with van der Waals surface area (Å²) in [6.07, 6.45) is 0.917. The third-order valence-electron chi connectivity index (χ3n) is 3.61. The quantitative estimate of drug-likeness (QED) is 0.797. The molecular formula is C14H18N4O2. The number of nitrogens with zero attached hydrogens (tertiary/aromatic N) is 3. The van der Waals surface area contributed by atoms with E-state index in [1.807, 2.05) is 17.0 Å². The molecule has 0 aliphatic carbocycles. The number of nitrogens with two attached hydrogens (primary N) is 1. The molecule has 1 aliphatic heterocycles. The summed E-state index contributed by atoms with van der Waals surface area (Å²) in [5.41, 5.74) is 7.93. The van der Waals surface area contributed by atoms with Crippen molar-refractivity contribution in [2.24, 2.45) is 0 Å². The maximum Gasteiger partial charge on any atom is 0.298 e. The molecule has 6 nitrogen and oxygen atoms in total. The summed E-state index contributed by atoms with van der Waals surface area (Å²) in [6.45, 7) is 4.68. The molecule has 1 fully saturated rings. The van der Waals surface area contributed by atoms with Crippen molar-refractivity contribution in [2.75, 3.05) is 36.8 Å². The normalized spacial score (nSPS) is 16.4. The first kappa shape index (κ1) is 12.8. The third-order valence-corrected chi connectivity index (χ3v) is 3.61. The minimum atomic E-state index is 0.122. The molecule has 0 atom stereocenters. The van der Waals surface area contributed by atoms with E-state index >= 15 is 0 Å². The highest BCUT2D eigenvalue weighted by molar-refractivity contribution is 5.78. The number of hydrogen-bond acceptors (Lipinski definition) is 5. The van der Waals surface area contributed by atoms with Gasteiger partial charge in [0, 0.05) is 38.8 Å².